The molecule has 4 heteroatoms. The van der Waals surface area contributed by atoms with Gasteiger partial charge >= 0.3 is 0 Å². The van der Waals surface area contributed by atoms with E-state index in [0.29, 0.717) is 12.1 Å². The fourth-order valence-electron chi connectivity index (χ4n) is 3.56. The van der Waals surface area contributed by atoms with Gasteiger partial charge in [0.05, 0.1) is 7.11 Å². The van der Waals surface area contributed by atoms with Crippen LogP contribution >= 0.6 is 0 Å². The first-order valence-corrected chi connectivity index (χ1v) is 8.65. The number of hydrogen-bond donors (Lipinski definition) is 1. The van der Waals surface area contributed by atoms with Crippen molar-refractivity contribution in [3.05, 3.63) is 42.0 Å². The van der Waals surface area contributed by atoms with E-state index in [2.05, 4.69) is 47.5 Å². The first kappa shape index (κ1) is 16.8. The third kappa shape index (κ3) is 3.70. The van der Waals surface area contributed by atoms with Gasteiger partial charge in [0.25, 0.3) is 0 Å². The van der Waals surface area contributed by atoms with Gasteiger partial charge in [0, 0.05) is 32.1 Å². The van der Waals surface area contributed by atoms with Gasteiger partial charge in [0.15, 0.2) is 0 Å². The molecular formula is C20H26N2O2. The fraction of sp³-hybridized carbons (Fsp3) is 0.450. The molecule has 2 aromatic carbocycles. The first-order chi connectivity index (χ1) is 11.6. The number of benzene rings is 2. The van der Waals surface area contributed by atoms with E-state index >= 15 is 0 Å². The van der Waals surface area contributed by atoms with Crippen molar-refractivity contribution in [1.29, 1.82) is 0 Å². The van der Waals surface area contributed by atoms with Gasteiger partial charge in [-0.05, 0) is 54.3 Å². The Labute approximate surface area is 143 Å². The van der Waals surface area contributed by atoms with Crippen LogP contribution in [-0.4, -0.2) is 37.0 Å². The van der Waals surface area contributed by atoms with Gasteiger partial charge in [-0.15, -0.1) is 0 Å². The van der Waals surface area contributed by atoms with Crippen LogP contribution in [0.2, 0.25) is 0 Å². The highest BCUT2D eigenvalue weighted by atomic mass is 16.5. The number of amides is 1. The maximum Gasteiger partial charge on any atom is 0.217 e. The minimum Gasteiger partial charge on any atom is -0.497 e. The van der Waals surface area contributed by atoms with Gasteiger partial charge in [-0.1, -0.05) is 18.2 Å². The van der Waals surface area contributed by atoms with Crippen molar-refractivity contribution in [2.75, 3.05) is 20.2 Å². The standard InChI is InChI=1S/C20H26N2O2/c1-14(22-10-8-19(9-11-22)21-15(2)23)16-4-5-18-13-20(24-3)7-6-17(18)12-16/h4-7,12-14,19H,8-11H2,1-3H3,(H,21,23)/t14-/m1/s1. The molecule has 1 saturated heterocycles. The molecule has 1 N–H and O–H groups in total. The molecule has 0 bridgehead atoms. The first-order valence-electron chi connectivity index (χ1n) is 8.65. The molecule has 1 aliphatic heterocycles. The number of fused-ring (bicyclic) bond motifs is 1. The van der Waals surface area contributed by atoms with E-state index in [9.17, 15) is 4.79 Å². The Hall–Kier alpha value is -2.07. The summed E-state index contributed by atoms with van der Waals surface area (Å²) in [5.74, 6) is 0.967. The molecule has 0 aliphatic carbocycles. The number of ether oxygens (including phenoxy) is 1. The smallest absolute Gasteiger partial charge is 0.217 e. The Balaban J connectivity index is 1.70. The summed E-state index contributed by atoms with van der Waals surface area (Å²) in [4.78, 5) is 13.7. The van der Waals surface area contributed by atoms with E-state index in [0.717, 1.165) is 31.7 Å². The zero-order chi connectivity index (χ0) is 17.1. The number of methoxy groups -OCH3 is 1. The second kappa shape index (κ2) is 7.22. The van der Waals surface area contributed by atoms with E-state index in [4.69, 9.17) is 4.74 Å². The Bertz CT molecular complexity index is 721. The monoisotopic (exact) mass is 326 g/mol. The van der Waals surface area contributed by atoms with E-state index in [1.54, 1.807) is 14.0 Å². The highest BCUT2D eigenvalue weighted by Gasteiger charge is 2.23. The Kier molecular flexibility index (Phi) is 5.05. The predicted octanol–water partition coefficient (Wildman–Crippen LogP) is 3.51. The van der Waals surface area contributed by atoms with Crippen LogP contribution in [0.4, 0.5) is 0 Å². The van der Waals surface area contributed by atoms with Gasteiger partial charge in [-0.2, -0.15) is 0 Å². The third-order valence-corrected chi connectivity index (χ3v) is 5.04. The van der Waals surface area contributed by atoms with Crippen LogP contribution in [0.15, 0.2) is 36.4 Å². The summed E-state index contributed by atoms with van der Waals surface area (Å²) in [5, 5.41) is 5.49. The lowest BCUT2D eigenvalue weighted by molar-refractivity contribution is -0.120. The molecule has 0 radical (unpaired) electrons. The number of nitrogens with zero attached hydrogens (tertiary/aromatic N) is 1. The van der Waals surface area contributed by atoms with Gasteiger partial charge < -0.3 is 10.1 Å². The lowest BCUT2D eigenvalue weighted by Crippen LogP contribution is -2.44. The Morgan fingerprint density at radius 3 is 2.50 bits per heavy atom. The van der Waals surface area contributed by atoms with E-state index in [1.807, 2.05) is 6.07 Å². The van der Waals surface area contributed by atoms with Crippen molar-refractivity contribution in [2.24, 2.45) is 0 Å². The molecule has 1 fully saturated rings. The second-order valence-corrected chi connectivity index (χ2v) is 6.66. The summed E-state index contributed by atoms with van der Waals surface area (Å²) in [6.07, 6.45) is 2.05. The molecule has 0 unspecified atom stereocenters. The summed E-state index contributed by atoms with van der Waals surface area (Å²) in [6.45, 7) is 5.90. The number of carbonyl (C=O) groups excluding carboxylic acids is 1. The van der Waals surface area contributed by atoms with Gasteiger partial charge in [0.1, 0.15) is 5.75 Å². The number of carbonyl (C=O) groups is 1. The molecule has 0 spiro atoms. The van der Waals surface area contributed by atoms with Crippen LogP contribution in [0.3, 0.4) is 0 Å². The normalized spacial score (nSPS) is 17.6. The highest BCUT2D eigenvalue weighted by Crippen LogP contribution is 2.28. The number of hydrogen-bond acceptors (Lipinski definition) is 3. The molecule has 2 aromatic rings. The van der Waals surface area contributed by atoms with E-state index in [1.165, 1.54) is 16.3 Å². The van der Waals surface area contributed by atoms with Crippen LogP contribution in [-0.2, 0) is 4.79 Å². The maximum atomic E-state index is 11.2. The molecular weight excluding hydrogens is 300 g/mol. The van der Waals surface area contributed by atoms with Crippen molar-refractivity contribution in [3.8, 4) is 5.75 Å². The molecule has 1 aliphatic rings. The second-order valence-electron chi connectivity index (χ2n) is 6.66. The van der Waals surface area contributed by atoms with Crippen molar-refractivity contribution in [1.82, 2.24) is 10.2 Å². The number of nitrogens with one attached hydrogen (secondary N) is 1. The molecule has 1 amide bonds. The van der Waals surface area contributed by atoms with Crippen LogP contribution < -0.4 is 10.1 Å². The molecule has 1 heterocycles. The predicted molar refractivity (Wildman–Crippen MR) is 97.3 cm³/mol. The number of likely N-dealkylation sites (tertiary alicyclic amines) is 1. The zero-order valence-corrected chi connectivity index (χ0v) is 14.7. The summed E-state index contributed by atoms with van der Waals surface area (Å²) in [7, 11) is 1.70. The molecule has 3 rings (SSSR count). The quantitative estimate of drug-likeness (QED) is 0.935. The van der Waals surface area contributed by atoms with E-state index in [-0.39, 0.29) is 5.91 Å². The van der Waals surface area contributed by atoms with Crippen LogP contribution in [0.5, 0.6) is 5.75 Å². The molecule has 1 atom stereocenters. The number of rotatable bonds is 4. The van der Waals surface area contributed by atoms with Crippen molar-refractivity contribution in [3.63, 3.8) is 0 Å². The minimum atomic E-state index is 0.0754. The SMILES string of the molecule is COc1ccc2cc([C@@H](C)N3CCC(NC(C)=O)CC3)ccc2c1. The Morgan fingerprint density at radius 2 is 1.83 bits per heavy atom. The zero-order valence-electron chi connectivity index (χ0n) is 14.7. The van der Waals surface area contributed by atoms with Gasteiger partial charge in [0.2, 0.25) is 5.91 Å². The molecule has 0 aromatic heterocycles. The van der Waals surface area contributed by atoms with Crippen molar-refractivity contribution in [2.45, 2.75) is 38.8 Å². The number of piperidine rings is 1. The van der Waals surface area contributed by atoms with Crippen LogP contribution in [0.1, 0.15) is 38.3 Å². The van der Waals surface area contributed by atoms with Crippen LogP contribution in [0, 0.1) is 0 Å². The lowest BCUT2D eigenvalue weighted by atomic mass is 9.98. The van der Waals surface area contributed by atoms with Crippen molar-refractivity contribution >= 4 is 16.7 Å². The topological polar surface area (TPSA) is 41.6 Å². The largest absolute Gasteiger partial charge is 0.497 e. The van der Waals surface area contributed by atoms with E-state index < -0.39 is 0 Å². The summed E-state index contributed by atoms with van der Waals surface area (Å²) in [6, 6.07) is 13.6. The average Bonchev–Trinajstić information content (AvgIpc) is 2.60. The summed E-state index contributed by atoms with van der Waals surface area (Å²) >= 11 is 0. The van der Waals surface area contributed by atoms with Crippen LogP contribution in [0.25, 0.3) is 10.8 Å². The summed E-state index contributed by atoms with van der Waals surface area (Å²) < 4.78 is 5.29. The lowest BCUT2D eigenvalue weighted by Gasteiger charge is -2.36. The highest BCUT2D eigenvalue weighted by molar-refractivity contribution is 5.84. The van der Waals surface area contributed by atoms with Crippen molar-refractivity contribution < 1.29 is 9.53 Å². The molecule has 0 saturated carbocycles. The maximum absolute atomic E-state index is 11.2. The van der Waals surface area contributed by atoms with Gasteiger partial charge in [-0.25, -0.2) is 0 Å². The molecule has 128 valence electrons. The molecule has 24 heavy (non-hydrogen) atoms. The average molecular weight is 326 g/mol. The third-order valence-electron chi connectivity index (χ3n) is 5.04. The fourth-order valence-corrected chi connectivity index (χ4v) is 3.56. The molecule has 4 nitrogen and oxygen atoms in total. The van der Waals surface area contributed by atoms with Gasteiger partial charge in [-0.3, -0.25) is 9.69 Å². The minimum absolute atomic E-state index is 0.0754. The Morgan fingerprint density at radius 1 is 1.17 bits per heavy atom. The summed E-state index contributed by atoms with van der Waals surface area (Å²) in [5.41, 5.74) is 1.34.